The third-order valence-corrected chi connectivity index (χ3v) is 2.31. The fourth-order valence-electron chi connectivity index (χ4n) is 1.35. The predicted octanol–water partition coefficient (Wildman–Crippen LogP) is 2.05. The van der Waals surface area contributed by atoms with E-state index in [0.717, 1.165) is 30.4 Å². The number of carboxylic acids is 1. The fourth-order valence-corrected chi connectivity index (χ4v) is 1.35. The smallest absolute Gasteiger partial charge is 0.346 e. The number of carbonyl (C=O) groups is 1. The van der Waals surface area contributed by atoms with Crippen LogP contribution >= 0.6 is 0 Å². The topological polar surface area (TPSA) is 147 Å². The summed E-state index contributed by atoms with van der Waals surface area (Å²) in [7, 11) is 0. The molecular formula is C12H7N3O6. The van der Waals surface area contributed by atoms with Crippen molar-refractivity contribution < 1.29 is 19.7 Å². The first-order chi connectivity index (χ1) is 9.86. The molecule has 1 aromatic carbocycles. The molecule has 0 bridgehead atoms. The highest BCUT2D eigenvalue weighted by Crippen LogP contribution is 2.25. The Kier molecular flexibility index (Phi) is 4.86. The Bertz CT molecular complexity index is 714. The third-order valence-electron chi connectivity index (χ3n) is 2.31. The van der Waals surface area contributed by atoms with Gasteiger partial charge in [0.2, 0.25) is 0 Å². The zero-order chi connectivity index (χ0) is 16.0. The normalized spacial score (nSPS) is 11.1. The Morgan fingerprint density at radius 2 is 1.95 bits per heavy atom. The molecule has 0 spiro atoms. The zero-order valence-corrected chi connectivity index (χ0v) is 10.3. The number of non-ortho nitro benzene ring substituents is 1. The Morgan fingerprint density at radius 3 is 2.43 bits per heavy atom. The van der Waals surface area contributed by atoms with E-state index in [-0.39, 0.29) is 5.56 Å². The number of allylic oxidation sites excluding steroid dienone is 2. The molecule has 106 valence electrons. The van der Waals surface area contributed by atoms with Gasteiger partial charge in [-0.1, -0.05) is 6.08 Å². The van der Waals surface area contributed by atoms with E-state index in [2.05, 4.69) is 0 Å². The average molecular weight is 289 g/mol. The quantitative estimate of drug-likeness (QED) is 0.286. The Labute approximate surface area is 117 Å². The highest BCUT2D eigenvalue weighted by Gasteiger charge is 2.17. The molecule has 0 fully saturated rings. The lowest BCUT2D eigenvalue weighted by Gasteiger charge is -1.97. The van der Waals surface area contributed by atoms with Crippen LogP contribution in [0.5, 0.6) is 0 Å². The van der Waals surface area contributed by atoms with E-state index in [9.17, 15) is 25.0 Å². The zero-order valence-electron chi connectivity index (χ0n) is 10.3. The number of nitrogens with zero attached hydrogens (tertiary/aromatic N) is 3. The molecule has 0 aliphatic rings. The fraction of sp³-hybridized carbons (Fsp3) is 0. The van der Waals surface area contributed by atoms with Crippen LogP contribution in [0, 0.1) is 31.6 Å². The molecule has 0 atom stereocenters. The molecule has 0 amide bonds. The molecule has 1 N–H and O–H groups in total. The van der Waals surface area contributed by atoms with Gasteiger partial charge in [0.25, 0.3) is 11.4 Å². The molecule has 9 nitrogen and oxygen atoms in total. The maximum atomic E-state index is 10.8. The maximum Gasteiger partial charge on any atom is 0.346 e. The van der Waals surface area contributed by atoms with E-state index in [0.29, 0.717) is 0 Å². The first kappa shape index (κ1) is 15.5. The molecule has 0 aliphatic carbocycles. The van der Waals surface area contributed by atoms with Gasteiger partial charge in [0.1, 0.15) is 11.6 Å². The van der Waals surface area contributed by atoms with Crippen LogP contribution in [0.15, 0.2) is 35.9 Å². The van der Waals surface area contributed by atoms with Crippen molar-refractivity contribution in [3.63, 3.8) is 0 Å². The van der Waals surface area contributed by atoms with Crippen molar-refractivity contribution >= 4 is 23.4 Å². The van der Waals surface area contributed by atoms with Crippen molar-refractivity contribution in [3.05, 3.63) is 61.7 Å². The molecule has 0 saturated carbocycles. The summed E-state index contributed by atoms with van der Waals surface area (Å²) in [5, 5.41) is 38.5. The number of nitriles is 1. The second-order valence-corrected chi connectivity index (χ2v) is 3.61. The van der Waals surface area contributed by atoms with Crippen molar-refractivity contribution in [2.75, 3.05) is 0 Å². The van der Waals surface area contributed by atoms with Gasteiger partial charge in [-0.2, -0.15) is 5.26 Å². The maximum absolute atomic E-state index is 10.8. The summed E-state index contributed by atoms with van der Waals surface area (Å²) in [5.41, 5.74) is -1.43. The molecule has 9 heteroatoms. The molecule has 1 aromatic rings. The van der Waals surface area contributed by atoms with Crippen molar-refractivity contribution in [2.24, 2.45) is 0 Å². The van der Waals surface area contributed by atoms with Crippen LogP contribution in [0.25, 0.3) is 6.08 Å². The number of hydrogen-bond donors (Lipinski definition) is 1. The van der Waals surface area contributed by atoms with Crippen LogP contribution in [0.4, 0.5) is 11.4 Å². The van der Waals surface area contributed by atoms with Gasteiger partial charge < -0.3 is 5.11 Å². The highest BCUT2D eigenvalue weighted by atomic mass is 16.6. The summed E-state index contributed by atoms with van der Waals surface area (Å²) in [6, 6.07) is 4.48. The van der Waals surface area contributed by atoms with Crippen LogP contribution in [0.1, 0.15) is 5.56 Å². The second-order valence-electron chi connectivity index (χ2n) is 3.61. The highest BCUT2D eigenvalue weighted by molar-refractivity contribution is 5.91. The summed E-state index contributed by atoms with van der Waals surface area (Å²) in [6.45, 7) is 0. The van der Waals surface area contributed by atoms with E-state index in [1.165, 1.54) is 12.1 Å². The lowest BCUT2D eigenvalue weighted by molar-refractivity contribution is -0.394. The van der Waals surface area contributed by atoms with Gasteiger partial charge in [-0.05, 0) is 18.2 Å². The number of carboxylic acid groups (broad SMARTS) is 1. The molecule has 0 saturated heterocycles. The monoisotopic (exact) mass is 289 g/mol. The molecule has 0 radical (unpaired) electrons. The van der Waals surface area contributed by atoms with Gasteiger partial charge >= 0.3 is 5.97 Å². The van der Waals surface area contributed by atoms with E-state index >= 15 is 0 Å². The Hall–Kier alpha value is -3.54. The summed E-state index contributed by atoms with van der Waals surface area (Å²) < 4.78 is 0. The molecule has 1 rings (SSSR count). The molecule has 0 heterocycles. The number of aliphatic carboxylic acids is 1. The van der Waals surface area contributed by atoms with Crippen LogP contribution in [-0.2, 0) is 4.79 Å². The van der Waals surface area contributed by atoms with E-state index in [4.69, 9.17) is 10.4 Å². The molecule has 0 aromatic heterocycles. The van der Waals surface area contributed by atoms with Gasteiger partial charge in [0, 0.05) is 6.07 Å². The van der Waals surface area contributed by atoms with E-state index < -0.39 is 32.8 Å². The van der Waals surface area contributed by atoms with Crippen molar-refractivity contribution in [3.8, 4) is 6.07 Å². The lowest BCUT2D eigenvalue weighted by Crippen LogP contribution is -1.97. The van der Waals surface area contributed by atoms with Crippen LogP contribution in [0.3, 0.4) is 0 Å². The molecule has 21 heavy (non-hydrogen) atoms. The summed E-state index contributed by atoms with van der Waals surface area (Å²) in [4.78, 5) is 30.4. The standard InChI is InChI=1S/C12H7N3O6/c13-7-9(12(16)17)3-1-2-8-4-5-10(14(18)19)6-11(8)15(20)21/h1-6H,(H,16,17). The van der Waals surface area contributed by atoms with Crippen LogP contribution in [-0.4, -0.2) is 20.9 Å². The molecular weight excluding hydrogens is 282 g/mol. The minimum atomic E-state index is -1.43. The minimum absolute atomic E-state index is 0.0459. The number of nitro benzene ring substituents is 2. The first-order valence-corrected chi connectivity index (χ1v) is 5.31. The van der Waals surface area contributed by atoms with Crippen molar-refractivity contribution in [1.29, 1.82) is 5.26 Å². The third kappa shape index (κ3) is 3.97. The van der Waals surface area contributed by atoms with Gasteiger partial charge in [-0.25, -0.2) is 4.79 Å². The van der Waals surface area contributed by atoms with E-state index in [1.54, 1.807) is 0 Å². The summed E-state index contributed by atoms with van der Waals surface area (Å²) in [6.07, 6.45) is 3.29. The van der Waals surface area contributed by atoms with Gasteiger partial charge in [-0.15, -0.1) is 0 Å². The lowest BCUT2D eigenvalue weighted by atomic mass is 10.1. The predicted molar refractivity (Wildman–Crippen MR) is 70.1 cm³/mol. The first-order valence-electron chi connectivity index (χ1n) is 5.31. The average Bonchev–Trinajstić information content (AvgIpc) is 2.42. The summed E-state index contributed by atoms with van der Waals surface area (Å²) >= 11 is 0. The number of nitro groups is 2. The number of rotatable bonds is 5. The summed E-state index contributed by atoms with van der Waals surface area (Å²) in [5.74, 6) is -1.43. The van der Waals surface area contributed by atoms with Gasteiger partial charge in [0.05, 0.1) is 21.5 Å². The minimum Gasteiger partial charge on any atom is -0.477 e. The van der Waals surface area contributed by atoms with E-state index in [1.807, 2.05) is 0 Å². The van der Waals surface area contributed by atoms with Crippen LogP contribution < -0.4 is 0 Å². The van der Waals surface area contributed by atoms with Crippen molar-refractivity contribution in [2.45, 2.75) is 0 Å². The largest absolute Gasteiger partial charge is 0.477 e. The van der Waals surface area contributed by atoms with Crippen LogP contribution in [0.2, 0.25) is 0 Å². The number of benzene rings is 1. The Morgan fingerprint density at radius 1 is 1.29 bits per heavy atom. The SMILES string of the molecule is N#CC(=CC=Cc1ccc([N+](=O)[O-])cc1[N+](=O)[O-])C(=O)O. The number of hydrogen-bond acceptors (Lipinski definition) is 6. The molecule has 0 aliphatic heterocycles. The van der Waals surface area contributed by atoms with Gasteiger partial charge in [-0.3, -0.25) is 20.2 Å². The second kappa shape index (κ2) is 6.58. The Balaban J connectivity index is 3.20. The molecule has 0 unspecified atom stereocenters. The van der Waals surface area contributed by atoms with Gasteiger partial charge in [0.15, 0.2) is 0 Å². The van der Waals surface area contributed by atoms with Crippen molar-refractivity contribution in [1.82, 2.24) is 0 Å².